The summed E-state index contributed by atoms with van der Waals surface area (Å²) in [6, 6.07) is 5.58. The van der Waals surface area contributed by atoms with E-state index in [9.17, 15) is 5.11 Å². The molecule has 0 bridgehead atoms. The zero-order chi connectivity index (χ0) is 20.4. The lowest BCUT2D eigenvalue weighted by molar-refractivity contribution is 0.114. The van der Waals surface area contributed by atoms with Crippen LogP contribution in [-0.4, -0.2) is 67.4 Å². The molecule has 28 heavy (non-hydrogen) atoms. The van der Waals surface area contributed by atoms with E-state index in [-0.39, 0.29) is 13.2 Å². The third-order valence-corrected chi connectivity index (χ3v) is 5.42. The lowest BCUT2D eigenvalue weighted by Crippen LogP contribution is -2.49. The molecule has 6 nitrogen and oxygen atoms in total. The van der Waals surface area contributed by atoms with E-state index in [2.05, 4.69) is 27.4 Å². The summed E-state index contributed by atoms with van der Waals surface area (Å²) in [6.07, 6.45) is 2.66. The minimum atomic E-state index is -0.739. The van der Waals surface area contributed by atoms with Gasteiger partial charge in [-0.2, -0.15) is 0 Å². The van der Waals surface area contributed by atoms with E-state index in [1.54, 1.807) is 18.2 Å². The van der Waals surface area contributed by atoms with E-state index in [1.165, 1.54) is 13.0 Å². The normalized spacial score (nSPS) is 17.4. The summed E-state index contributed by atoms with van der Waals surface area (Å²) in [5.74, 6) is 1.19. The van der Waals surface area contributed by atoms with Gasteiger partial charge < -0.3 is 25.4 Å². The van der Waals surface area contributed by atoms with Gasteiger partial charge in [-0.25, -0.2) is 0 Å². The molecule has 0 radical (unpaired) electrons. The molecule has 3 N–H and O–H groups in total. The Morgan fingerprint density at radius 3 is 2.75 bits per heavy atom. The molecule has 0 saturated carbocycles. The first-order valence-corrected chi connectivity index (χ1v) is 10.8. The zero-order valence-corrected chi connectivity index (χ0v) is 18.3. The fourth-order valence-corrected chi connectivity index (χ4v) is 3.51. The molecule has 1 aromatic carbocycles. The smallest absolute Gasteiger partial charge is 0.191 e. The quantitative estimate of drug-likeness (QED) is 0.414. The van der Waals surface area contributed by atoms with Crippen molar-refractivity contribution >= 4 is 29.2 Å². The third-order valence-electron chi connectivity index (χ3n) is 4.62. The number of nitrogens with zero attached hydrogens (tertiary/aromatic N) is 2. The number of ether oxygens (including phenoxy) is 1. The second-order valence-electron chi connectivity index (χ2n) is 7.00. The summed E-state index contributed by atoms with van der Waals surface area (Å²) in [5, 5.41) is 17.7. The van der Waals surface area contributed by atoms with Crippen molar-refractivity contribution in [1.82, 2.24) is 15.5 Å². The monoisotopic (exact) mass is 430 g/mol. The summed E-state index contributed by atoms with van der Waals surface area (Å²) < 4.78 is 5.57. The van der Waals surface area contributed by atoms with Gasteiger partial charge in [0, 0.05) is 25.7 Å². The highest BCUT2D eigenvalue weighted by molar-refractivity contribution is 6.42. The molecule has 1 aromatic rings. The number of nitrogens with one attached hydrogen (secondary N) is 2. The molecule has 1 heterocycles. The molecule has 8 heteroatoms. The number of aliphatic hydroxyl groups is 1. The van der Waals surface area contributed by atoms with Crippen LogP contribution in [0.15, 0.2) is 23.2 Å². The van der Waals surface area contributed by atoms with Gasteiger partial charge in [0.05, 0.1) is 11.6 Å². The fraction of sp³-hybridized carbons (Fsp3) is 0.650. The number of hydrogen-bond donors (Lipinski definition) is 3. The van der Waals surface area contributed by atoms with E-state index in [0.29, 0.717) is 21.8 Å². The van der Waals surface area contributed by atoms with Crippen LogP contribution in [0.1, 0.15) is 33.1 Å². The van der Waals surface area contributed by atoms with Gasteiger partial charge in [0.25, 0.3) is 0 Å². The number of aliphatic hydroxyl groups excluding tert-OH is 1. The Bertz CT molecular complexity index is 622. The summed E-state index contributed by atoms with van der Waals surface area (Å²) in [5.41, 5.74) is 0. The van der Waals surface area contributed by atoms with Gasteiger partial charge in [-0.05, 0) is 44.9 Å². The van der Waals surface area contributed by atoms with Gasteiger partial charge in [-0.3, -0.25) is 4.99 Å². The molecule has 0 spiro atoms. The van der Waals surface area contributed by atoms with Gasteiger partial charge in [0.15, 0.2) is 5.96 Å². The number of likely N-dealkylation sites (tertiary alicyclic amines) is 1. The van der Waals surface area contributed by atoms with Crippen molar-refractivity contribution in [1.29, 1.82) is 0 Å². The molecule has 1 aliphatic rings. The van der Waals surface area contributed by atoms with Gasteiger partial charge >= 0.3 is 0 Å². The molecular weight excluding hydrogens is 399 g/mol. The van der Waals surface area contributed by atoms with Crippen LogP contribution >= 0.6 is 23.2 Å². The lowest BCUT2D eigenvalue weighted by Gasteiger charge is -2.32. The molecule has 1 atom stereocenters. The molecule has 1 aliphatic heterocycles. The number of halogens is 2. The van der Waals surface area contributed by atoms with Crippen LogP contribution in [0, 0.1) is 0 Å². The molecule has 1 saturated heterocycles. The molecule has 2 rings (SSSR count). The van der Waals surface area contributed by atoms with Crippen molar-refractivity contribution in [2.24, 2.45) is 4.99 Å². The first-order chi connectivity index (χ1) is 13.5. The van der Waals surface area contributed by atoms with Crippen molar-refractivity contribution in [2.75, 3.05) is 39.3 Å². The Kier molecular flexibility index (Phi) is 10.2. The highest BCUT2D eigenvalue weighted by Gasteiger charge is 2.19. The Balaban J connectivity index is 1.80. The van der Waals surface area contributed by atoms with Gasteiger partial charge in [-0.1, -0.05) is 36.2 Å². The molecular formula is C20H32Cl2N4O2. The zero-order valence-electron chi connectivity index (χ0n) is 16.8. The van der Waals surface area contributed by atoms with Crippen LogP contribution in [0.5, 0.6) is 5.75 Å². The molecule has 0 aromatic heterocycles. The van der Waals surface area contributed by atoms with E-state index in [4.69, 9.17) is 27.9 Å². The Morgan fingerprint density at radius 1 is 1.32 bits per heavy atom. The van der Waals surface area contributed by atoms with Crippen molar-refractivity contribution in [3.05, 3.63) is 28.2 Å². The van der Waals surface area contributed by atoms with E-state index >= 15 is 0 Å². The highest BCUT2D eigenvalue weighted by Crippen LogP contribution is 2.31. The number of piperidine rings is 1. The van der Waals surface area contributed by atoms with Crippen LogP contribution in [0.25, 0.3) is 0 Å². The van der Waals surface area contributed by atoms with E-state index in [1.807, 2.05) is 6.92 Å². The van der Waals surface area contributed by atoms with Gasteiger partial charge in [0.2, 0.25) is 0 Å². The summed E-state index contributed by atoms with van der Waals surface area (Å²) in [7, 11) is 0. The number of benzene rings is 1. The molecule has 158 valence electrons. The molecule has 1 unspecified atom stereocenters. The average molecular weight is 431 g/mol. The Morgan fingerprint density at radius 2 is 2.07 bits per heavy atom. The number of aliphatic imine (C=N–C) groups is 1. The first kappa shape index (κ1) is 23.1. The second-order valence-corrected chi connectivity index (χ2v) is 7.78. The second kappa shape index (κ2) is 12.4. The van der Waals surface area contributed by atoms with Crippen molar-refractivity contribution < 1.29 is 9.84 Å². The number of hydrogen-bond acceptors (Lipinski definition) is 4. The maximum Gasteiger partial charge on any atom is 0.191 e. The summed E-state index contributed by atoms with van der Waals surface area (Å²) in [4.78, 5) is 7.01. The molecule has 0 aliphatic carbocycles. The predicted molar refractivity (Wildman–Crippen MR) is 117 cm³/mol. The minimum absolute atomic E-state index is 0.0956. The van der Waals surface area contributed by atoms with Crippen LogP contribution in [0.2, 0.25) is 10.0 Å². The van der Waals surface area contributed by atoms with E-state index in [0.717, 1.165) is 38.4 Å². The van der Waals surface area contributed by atoms with Crippen LogP contribution < -0.4 is 15.4 Å². The predicted octanol–water partition coefficient (Wildman–Crippen LogP) is 3.16. The Labute approximate surface area is 178 Å². The van der Waals surface area contributed by atoms with Crippen molar-refractivity contribution in [3.63, 3.8) is 0 Å². The minimum Gasteiger partial charge on any atom is -0.489 e. The molecule has 1 fully saturated rings. The lowest BCUT2D eigenvalue weighted by atomic mass is 10.1. The van der Waals surface area contributed by atoms with Crippen molar-refractivity contribution in [2.45, 2.75) is 45.3 Å². The largest absolute Gasteiger partial charge is 0.489 e. The summed E-state index contributed by atoms with van der Waals surface area (Å²) >= 11 is 12.1. The topological polar surface area (TPSA) is 69.1 Å². The van der Waals surface area contributed by atoms with Crippen LogP contribution in [0.3, 0.4) is 0 Å². The van der Waals surface area contributed by atoms with E-state index < -0.39 is 6.10 Å². The van der Waals surface area contributed by atoms with Crippen LogP contribution in [-0.2, 0) is 0 Å². The Hall–Kier alpha value is -1.21. The molecule has 0 amide bonds. The standard InChI is InChI=1S/C20H32Cl2N4O2/c1-3-10-26-11-8-15(9-12-26)25-20(23-4-2)24-13-16(27)14-28-18-7-5-6-17(21)19(18)22/h5-7,15-16,27H,3-4,8-14H2,1-2H3,(H2,23,24,25). The average Bonchev–Trinajstić information content (AvgIpc) is 2.69. The maximum atomic E-state index is 10.2. The van der Waals surface area contributed by atoms with Crippen molar-refractivity contribution in [3.8, 4) is 5.75 Å². The van der Waals surface area contributed by atoms with Gasteiger partial charge in [-0.15, -0.1) is 0 Å². The fourth-order valence-electron chi connectivity index (χ4n) is 3.16. The number of guanidine groups is 1. The summed E-state index contributed by atoms with van der Waals surface area (Å²) in [6.45, 7) is 8.75. The SMILES string of the molecule is CCCN1CCC(NC(=NCC(O)COc2cccc(Cl)c2Cl)NCC)CC1. The first-order valence-electron chi connectivity index (χ1n) is 10.1. The van der Waals surface area contributed by atoms with Gasteiger partial charge in [0.1, 0.15) is 23.5 Å². The van der Waals surface area contributed by atoms with Crippen LogP contribution in [0.4, 0.5) is 0 Å². The number of rotatable bonds is 9. The maximum absolute atomic E-state index is 10.2. The highest BCUT2D eigenvalue weighted by atomic mass is 35.5. The third kappa shape index (κ3) is 7.66.